The molecule has 0 aliphatic carbocycles. The molecule has 1 aliphatic heterocycles. The minimum atomic E-state index is -4.45. The van der Waals surface area contributed by atoms with Gasteiger partial charge in [-0.3, -0.25) is 0 Å². The number of hydrogen-bond acceptors (Lipinski definition) is 5. The van der Waals surface area contributed by atoms with E-state index in [1.54, 1.807) is 18.2 Å². The lowest BCUT2D eigenvalue weighted by molar-refractivity contribution is -0.137. The first-order chi connectivity index (χ1) is 14.4. The average Bonchev–Trinajstić information content (AvgIpc) is 2.96. The number of halogens is 4. The molecule has 4 rings (SSSR count). The third kappa shape index (κ3) is 4.49. The first-order valence-corrected chi connectivity index (χ1v) is 9.35. The number of alkyl halides is 3. The average molecular weight is 432 g/mol. The number of nitrogens with one attached hydrogen (secondary N) is 2. The van der Waals surface area contributed by atoms with E-state index in [9.17, 15) is 13.2 Å². The Balaban J connectivity index is 1.55. The molecule has 0 atom stereocenters. The van der Waals surface area contributed by atoms with Crippen LogP contribution in [0.4, 0.5) is 30.5 Å². The molecule has 3 aromatic rings. The van der Waals surface area contributed by atoms with Crippen molar-refractivity contribution in [1.82, 2.24) is 9.97 Å². The molecule has 1 aliphatic rings. The van der Waals surface area contributed by atoms with Crippen LogP contribution in [0.25, 0.3) is 6.08 Å². The smallest absolute Gasteiger partial charge is 0.416 e. The second-order valence-electron chi connectivity index (χ2n) is 6.41. The predicted molar refractivity (Wildman–Crippen MR) is 109 cm³/mol. The first-order valence-electron chi connectivity index (χ1n) is 8.97. The van der Waals surface area contributed by atoms with Crippen LogP contribution in [0.1, 0.15) is 17.5 Å². The van der Waals surface area contributed by atoms with Gasteiger partial charge in [0.1, 0.15) is 29.5 Å². The zero-order valence-electron chi connectivity index (χ0n) is 15.4. The molecule has 9 heteroatoms. The molecule has 1 radical (unpaired) electrons. The van der Waals surface area contributed by atoms with Gasteiger partial charge >= 0.3 is 6.18 Å². The van der Waals surface area contributed by atoms with Crippen LogP contribution in [0.3, 0.4) is 0 Å². The lowest BCUT2D eigenvalue weighted by atomic mass is 10.2. The van der Waals surface area contributed by atoms with E-state index in [1.807, 2.05) is 6.08 Å². The van der Waals surface area contributed by atoms with E-state index in [-0.39, 0.29) is 16.5 Å². The number of fused-ring (bicyclic) bond motifs is 1. The standard InChI is InChI=1S/C21H15ClF3N4O/c22-17-11-14(29-20-16-6-1-2-9-26-19(16)27-12-28-20)7-8-18(17)30-15-5-3-4-13(10-15)21(23,24)25/h3-8,10-12H,2,9H2,(H2,26,27,28,29). The van der Waals surface area contributed by atoms with Gasteiger partial charge in [-0.05, 0) is 55.0 Å². The van der Waals surface area contributed by atoms with Crippen LogP contribution in [0.2, 0.25) is 5.02 Å². The van der Waals surface area contributed by atoms with E-state index in [4.69, 9.17) is 16.3 Å². The van der Waals surface area contributed by atoms with Crippen molar-refractivity contribution >= 4 is 35.0 Å². The number of ether oxygens (including phenoxy) is 1. The van der Waals surface area contributed by atoms with Crippen molar-refractivity contribution in [1.29, 1.82) is 0 Å². The maximum atomic E-state index is 12.9. The predicted octanol–water partition coefficient (Wildman–Crippen LogP) is 6.32. The van der Waals surface area contributed by atoms with Gasteiger partial charge in [0.25, 0.3) is 0 Å². The van der Waals surface area contributed by atoms with Crippen LogP contribution in [-0.4, -0.2) is 16.5 Å². The van der Waals surface area contributed by atoms with Crippen molar-refractivity contribution < 1.29 is 17.9 Å². The van der Waals surface area contributed by atoms with Crippen molar-refractivity contribution in [2.24, 2.45) is 0 Å². The summed E-state index contributed by atoms with van der Waals surface area (Å²) in [4.78, 5) is 8.49. The van der Waals surface area contributed by atoms with Gasteiger partial charge < -0.3 is 15.4 Å². The second kappa shape index (κ2) is 8.23. The summed E-state index contributed by atoms with van der Waals surface area (Å²) in [5, 5.41) is 6.61. The molecular weight excluding hydrogens is 417 g/mol. The minimum Gasteiger partial charge on any atom is -0.456 e. The fourth-order valence-electron chi connectivity index (χ4n) is 2.86. The Morgan fingerprint density at radius 1 is 1.13 bits per heavy atom. The molecule has 1 aromatic heterocycles. The molecule has 30 heavy (non-hydrogen) atoms. The van der Waals surface area contributed by atoms with Crippen LogP contribution in [0.15, 0.2) is 48.8 Å². The van der Waals surface area contributed by atoms with E-state index in [1.165, 1.54) is 18.5 Å². The van der Waals surface area contributed by atoms with Crippen molar-refractivity contribution in [2.75, 3.05) is 17.2 Å². The van der Waals surface area contributed by atoms with Gasteiger partial charge in [-0.25, -0.2) is 9.97 Å². The number of nitrogens with zero attached hydrogens (tertiary/aromatic N) is 2. The third-order valence-corrected chi connectivity index (χ3v) is 4.57. The normalized spacial score (nSPS) is 13.2. The van der Waals surface area contributed by atoms with Gasteiger partial charge in [0.05, 0.1) is 16.1 Å². The number of benzene rings is 2. The van der Waals surface area contributed by atoms with Gasteiger partial charge in [0, 0.05) is 12.2 Å². The highest BCUT2D eigenvalue weighted by Gasteiger charge is 2.30. The summed E-state index contributed by atoms with van der Waals surface area (Å²) in [6.07, 6.45) is 2.73. The molecular formula is C21H15ClF3N4O. The SMILES string of the molecule is FC(F)(F)c1cccc(Oc2ccc(Nc3ncnc4c3C=[C]CCN4)cc2Cl)c1. The molecule has 0 unspecified atom stereocenters. The van der Waals surface area contributed by atoms with Gasteiger partial charge in [-0.1, -0.05) is 17.7 Å². The Morgan fingerprint density at radius 3 is 2.80 bits per heavy atom. The maximum Gasteiger partial charge on any atom is 0.416 e. The van der Waals surface area contributed by atoms with Crippen LogP contribution in [-0.2, 0) is 6.18 Å². The molecule has 0 saturated heterocycles. The van der Waals surface area contributed by atoms with E-state index in [0.29, 0.717) is 17.3 Å². The van der Waals surface area contributed by atoms with Crippen molar-refractivity contribution in [3.05, 3.63) is 71.0 Å². The molecule has 2 aromatic carbocycles. The molecule has 0 bridgehead atoms. The third-order valence-electron chi connectivity index (χ3n) is 4.28. The summed E-state index contributed by atoms with van der Waals surface area (Å²) in [7, 11) is 0. The van der Waals surface area contributed by atoms with Crippen molar-refractivity contribution in [3.8, 4) is 11.5 Å². The summed E-state index contributed by atoms with van der Waals surface area (Å²) in [5.74, 6) is 1.55. The van der Waals surface area contributed by atoms with Crippen molar-refractivity contribution in [2.45, 2.75) is 12.6 Å². The van der Waals surface area contributed by atoms with E-state index >= 15 is 0 Å². The zero-order chi connectivity index (χ0) is 21.1. The molecule has 153 valence electrons. The van der Waals surface area contributed by atoms with E-state index in [0.717, 1.165) is 30.7 Å². The Morgan fingerprint density at radius 2 is 2.00 bits per heavy atom. The van der Waals surface area contributed by atoms with E-state index in [2.05, 4.69) is 26.7 Å². The summed E-state index contributed by atoms with van der Waals surface area (Å²) < 4.78 is 44.2. The minimum absolute atomic E-state index is 0.0419. The highest BCUT2D eigenvalue weighted by Crippen LogP contribution is 2.36. The second-order valence-corrected chi connectivity index (χ2v) is 6.81. The Hall–Kier alpha value is -3.26. The van der Waals surface area contributed by atoms with Crippen LogP contribution in [0, 0.1) is 6.08 Å². The molecule has 0 saturated carbocycles. The van der Waals surface area contributed by atoms with Crippen molar-refractivity contribution in [3.63, 3.8) is 0 Å². The van der Waals surface area contributed by atoms with Gasteiger partial charge in [-0.15, -0.1) is 0 Å². The largest absolute Gasteiger partial charge is 0.456 e. The summed E-state index contributed by atoms with van der Waals surface area (Å²) in [6, 6.07) is 9.49. The molecule has 0 fully saturated rings. The molecule has 5 nitrogen and oxygen atoms in total. The fraction of sp³-hybridized carbons (Fsp3) is 0.143. The zero-order valence-corrected chi connectivity index (χ0v) is 16.2. The molecule has 0 amide bonds. The highest BCUT2D eigenvalue weighted by molar-refractivity contribution is 6.32. The number of hydrogen-bond donors (Lipinski definition) is 2. The number of aromatic nitrogens is 2. The fourth-order valence-corrected chi connectivity index (χ4v) is 3.08. The quantitative estimate of drug-likeness (QED) is 0.506. The maximum absolute atomic E-state index is 12.9. The molecule has 2 heterocycles. The Labute approximate surface area is 175 Å². The summed E-state index contributed by atoms with van der Waals surface area (Å²) in [6.45, 7) is 0.730. The van der Waals surface area contributed by atoms with Crippen LogP contribution in [0.5, 0.6) is 11.5 Å². The Bertz CT molecular complexity index is 1100. The first kappa shape index (κ1) is 20.0. The van der Waals surface area contributed by atoms with Gasteiger partial charge in [-0.2, -0.15) is 13.2 Å². The lowest BCUT2D eigenvalue weighted by Crippen LogP contribution is -2.05. The topological polar surface area (TPSA) is 59.1 Å². The highest BCUT2D eigenvalue weighted by atomic mass is 35.5. The van der Waals surface area contributed by atoms with Gasteiger partial charge in [0.15, 0.2) is 0 Å². The number of rotatable bonds is 4. The monoisotopic (exact) mass is 431 g/mol. The Kier molecular flexibility index (Phi) is 5.50. The number of anilines is 3. The summed E-state index contributed by atoms with van der Waals surface area (Å²) in [5.41, 5.74) is 0.614. The molecule has 2 N–H and O–H groups in total. The van der Waals surface area contributed by atoms with Crippen LogP contribution >= 0.6 is 11.6 Å². The van der Waals surface area contributed by atoms with E-state index < -0.39 is 11.7 Å². The van der Waals surface area contributed by atoms with Crippen LogP contribution < -0.4 is 15.4 Å². The van der Waals surface area contributed by atoms with Gasteiger partial charge in [0.2, 0.25) is 0 Å². The molecule has 0 spiro atoms. The summed E-state index contributed by atoms with van der Waals surface area (Å²) >= 11 is 6.29. The lowest BCUT2D eigenvalue weighted by Gasteiger charge is -2.14.